The fourth-order valence-electron chi connectivity index (χ4n) is 2.66. The Hall–Kier alpha value is -0.770. The summed E-state index contributed by atoms with van der Waals surface area (Å²) in [4.78, 5) is 13.9. The molecule has 0 N–H and O–H groups in total. The number of rotatable bonds is 0. The summed E-state index contributed by atoms with van der Waals surface area (Å²) in [5.74, 6) is 0. The van der Waals surface area contributed by atoms with Crippen LogP contribution < -0.4 is 0 Å². The molecule has 0 aromatic carbocycles. The van der Waals surface area contributed by atoms with Crippen LogP contribution in [-0.2, 0) is 9.47 Å². The van der Waals surface area contributed by atoms with E-state index in [1.807, 2.05) is 25.7 Å². The molecule has 2 aliphatic heterocycles. The van der Waals surface area contributed by atoms with Crippen LogP contribution in [0.3, 0.4) is 0 Å². The van der Waals surface area contributed by atoms with E-state index >= 15 is 0 Å². The number of piperidine rings is 1. The number of likely N-dealkylation sites (tertiary alicyclic amines) is 1. The van der Waals surface area contributed by atoms with Crippen LogP contribution in [0, 0.1) is 5.41 Å². The highest BCUT2D eigenvalue weighted by atomic mass is 16.6. The van der Waals surface area contributed by atoms with Crippen LogP contribution in [0.1, 0.15) is 40.0 Å². The normalized spacial score (nSPS) is 29.7. The Kier molecular flexibility index (Phi) is 3.34. The maximum absolute atomic E-state index is 12.0. The molecule has 1 atom stereocenters. The van der Waals surface area contributed by atoms with Crippen molar-refractivity contribution >= 4 is 6.09 Å². The number of hydrogen-bond donors (Lipinski definition) is 0. The summed E-state index contributed by atoms with van der Waals surface area (Å²) in [7, 11) is 0. The number of ether oxygens (including phenoxy) is 2. The average molecular weight is 241 g/mol. The molecule has 0 aliphatic carbocycles. The lowest BCUT2D eigenvalue weighted by atomic mass is 9.79. The highest BCUT2D eigenvalue weighted by molar-refractivity contribution is 5.68. The third-order valence-electron chi connectivity index (χ3n) is 3.50. The van der Waals surface area contributed by atoms with E-state index in [-0.39, 0.29) is 11.5 Å². The monoisotopic (exact) mass is 241 g/mol. The van der Waals surface area contributed by atoms with Crippen molar-refractivity contribution in [3.63, 3.8) is 0 Å². The molecule has 2 aliphatic rings. The molecule has 0 bridgehead atoms. The van der Waals surface area contributed by atoms with E-state index in [2.05, 4.69) is 0 Å². The van der Waals surface area contributed by atoms with Gasteiger partial charge in [0.15, 0.2) is 0 Å². The summed E-state index contributed by atoms with van der Waals surface area (Å²) in [6.45, 7) is 8.96. The predicted molar refractivity (Wildman–Crippen MR) is 64.9 cm³/mol. The van der Waals surface area contributed by atoms with Gasteiger partial charge in [-0.25, -0.2) is 4.79 Å². The first-order valence-corrected chi connectivity index (χ1v) is 6.46. The van der Waals surface area contributed by atoms with Crippen LogP contribution >= 0.6 is 0 Å². The molecular weight excluding hydrogens is 218 g/mol. The Morgan fingerprint density at radius 1 is 1.35 bits per heavy atom. The van der Waals surface area contributed by atoms with Crippen LogP contribution in [0.25, 0.3) is 0 Å². The van der Waals surface area contributed by atoms with E-state index in [1.54, 1.807) is 0 Å². The molecule has 0 unspecified atom stereocenters. The molecule has 2 fully saturated rings. The first kappa shape index (κ1) is 12.7. The molecule has 1 amide bonds. The molecule has 4 heteroatoms. The summed E-state index contributed by atoms with van der Waals surface area (Å²) in [6, 6.07) is 0. The Morgan fingerprint density at radius 2 is 2.12 bits per heavy atom. The number of nitrogens with zero attached hydrogens (tertiary/aromatic N) is 1. The lowest BCUT2D eigenvalue weighted by Crippen LogP contribution is -2.48. The van der Waals surface area contributed by atoms with Gasteiger partial charge in [0.2, 0.25) is 0 Å². The molecule has 0 radical (unpaired) electrons. The molecule has 1 spiro atoms. The van der Waals surface area contributed by atoms with Crippen molar-refractivity contribution in [3.8, 4) is 0 Å². The van der Waals surface area contributed by atoms with Crippen molar-refractivity contribution in [2.75, 3.05) is 26.3 Å². The minimum atomic E-state index is -0.409. The lowest BCUT2D eigenvalue weighted by molar-refractivity contribution is 0.00227. The molecule has 2 rings (SSSR count). The van der Waals surface area contributed by atoms with Crippen LogP contribution in [0.5, 0.6) is 0 Å². The van der Waals surface area contributed by atoms with Gasteiger partial charge in [-0.3, -0.25) is 0 Å². The third kappa shape index (κ3) is 3.12. The number of hydrogen-bond acceptors (Lipinski definition) is 3. The second-order valence-electron chi connectivity index (χ2n) is 6.31. The topological polar surface area (TPSA) is 38.8 Å². The molecule has 0 aromatic rings. The quantitative estimate of drug-likeness (QED) is 0.654. The van der Waals surface area contributed by atoms with Crippen molar-refractivity contribution in [3.05, 3.63) is 0 Å². The Balaban J connectivity index is 1.95. The average Bonchev–Trinajstić information content (AvgIpc) is 2.64. The summed E-state index contributed by atoms with van der Waals surface area (Å²) in [5.41, 5.74) is -0.205. The molecule has 2 saturated heterocycles. The van der Waals surface area contributed by atoms with E-state index in [4.69, 9.17) is 9.47 Å². The van der Waals surface area contributed by atoms with E-state index in [0.717, 1.165) is 39.1 Å². The second kappa shape index (κ2) is 4.48. The standard InChI is InChI=1S/C13H23NO3/c1-12(2,3)17-11(15)14-7-4-5-13(9-14)6-8-16-10-13/h4-10H2,1-3H3/t13-/m0/s1. The van der Waals surface area contributed by atoms with Gasteiger partial charge < -0.3 is 14.4 Å². The SMILES string of the molecule is CC(C)(C)OC(=O)N1CCC[C@]2(CCOC2)C1. The Labute approximate surface area is 103 Å². The zero-order valence-corrected chi connectivity index (χ0v) is 11.1. The zero-order valence-electron chi connectivity index (χ0n) is 11.1. The van der Waals surface area contributed by atoms with Gasteiger partial charge in [-0.2, -0.15) is 0 Å². The van der Waals surface area contributed by atoms with Gasteiger partial charge in [0.25, 0.3) is 0 Å². The van der Waals surface area contributed by atoms with Gasteiger partial charge in [-0.15, -0.1) is 0 Å². The van der Waals surface area contributed by atoms with Crippen molar-refractivity contribution < 1.29 is 14.3 Å². The second-order valence-corrected chi connectivity index (χ2v) is 6.31. The molecule has 0 saturated carbocycles. The fourth-order valence-corrected chi connectivity index (χ4v) is 2.66. The first-order valence-electron chi connectivity index (χ1n) is 6.46. The molecular formula is C13H23NO3. The Morgan fingerprint density at radius 3 is 2.71 bits per heavy atom. The summed E-state index contributed by atoms with van der Waals surface area (Å²) in [5, 5.41) is 0. The maximum Gasteiger partial charge on any atom is 0.410 e. The van der Waals surface area contributed by atoms with Crippen molar-refractivity contribution in [2.45, 2.75) is 45.6 Å². The number of amides is 1. The minimum Gasteiger partial charge on any atom is -0.444 e. The molecule has 0 aromatic heterocycles. The lowest BCUT2D eigenvalue weighted by Gasteiger charge is -2.39. The van der Waals surface area contributed by atoms with Crippen LogP contribution in [-0.4, -0.2) is 42.9 Å². The number of carbonyl (C=O) groups excluding carboxylic acids is 1. The number of carbonyl (C=O) groups is 1. The van der Waals surface area contributed by atoms with Gasteiger partial charge in [0.1, 0.15) is 5.60 Å². The highest BCUT2D eigenvalue weighted by Gasteiger charge is 2.41. The van der Waals surface area contributed by atoms with Gasteiger partial charge in [-0.1, -0.05) is 0 Å². The smallest absolute Gasteiger partial charge is 0.410 e. The fraction of sp³-hybridized carbons (Fsp3) is 0.923. The van der Waals surface area contributed by atoms with Crippen molar-refractivity contribution in [2.24, 2.45) is 5.41 Å². The van der Waals surface area contributed by atoms with Crippen LogP contribution in [0.15, 0.2) is 0 Å². The molecule has 2 heterocycles. The van der Waals surface area contributed by atoms with E-state index < -0.39 is 5.60 Å². The van der Waals surface area contributed by atoms with Gasteiger partial charge >= 0.3 is 6.09 Å². The summed E-state index contributed by atoms with van der Waals surface area (Å²) < 4.78 is 10.9. The van der Waals surface area contributed by atoms with Gasteiger partial charge in [-0.05, 0) is 40.0 Å². The summed E-state index contributed by atoms with van der Waals surface area (Å²) >= 11 is 0. The van der Waals surface area contributed by atoms with Crippen LogP contribution in [0.2, 0.25) is 0 Å². The van der Waals surface area contributed by atoms with E-state index in [0.29, 0.717) is 0 Å². The highest BCUT2D eigenvalue weighted by Crippen LogP contribution is 2.37. The summed E-state index contributed by atoms with van der Waals surface area (Å²) in [6.07, 6.45) is 3.13. The van der Waals surface area contributed by atoms with E-state index in [1.165, 1.54) is 6.42 Å². The maximum atomic E-state index is 12.0. The van der Waals surface area contributed by atoms with Gasteiger partial charge in [0.05, 0.1) is 6.61 Å². The molecule has 17 heavy (non-hydrogen) atoms. The van der Waals surface area contributed by atoms with Gasteiger partial charge in [0, 0.05) is 25.1 Å². The minimum absolute atomic E-state index is 0.177. The van der Waals surface area contributed by atoms with E-state index in [9.17, 15) is 4.79 Å². The largest absolute Gasteiger partial charge is 0.444 e. The zero-order chi connectivity index (χ0) is 12.5. The molecule has 4 nitrogen and oxygen atoms in total. The van der Waals surface area contributed by atoms with Crippen LogP contribution in [0.4, 0.5) is 4.79 Å². The van der Waals surface area contributed by atoms with Crippen molar-refractivity contribution in [1.82, 2.24) is 4.90 Å². The van der Waals surface area contributed by atoms with Crippen molar-refractivity contribution in [1.29, 1.82) is 0 Å². The first-order chi connectivity index (χ1) is 7.90. The molecule has 98 valence electrons. The Bertz CT molecular complexity index is 290. The third-order valence-corrected chi connectivity index (χ3v) is 3.50. The predicted octanol–water partition coefficient (Wildman–Crippen LogP) is 2.42.